The summed E-state index contributed by atoms with van der Waals surface area (Å²) in [6, 6.07) is 4.29. The molecule has 19 heavy (non-hydrogen) atoms. The summed E-state index contributed by atoms with van der Waals surface area (Å²) >= 11 is 0. The predicted octanol–water partition coefficient (Wildman–Crippen LogP) is 3.46. The van der Waals surface area contributed by atoms with Crippen LogP contribution in [-0.4, -0.2) is 5.11 Å². The van der Waals surface area contributed by atoms with E-state index in [2.05, 4.69) is 0 Å². The van der Waals surface area contributed by atoms with Crippen LogP contribution in [0.25, 0.3) is 0 Å². The van der Waals surface area contributed by atoms with Crippen LogP contribution in [0, 0.1) is 29.1 Å². The van der Waals surface area contributed by atoms with Gasteiger partial charge in [0.15, 0.2) is 29.1 Å². The average Bonchev–Trinajstić information content (AvgIpc) is 2.39. The first-order valence-corrected chi connectivity index (χ1v) is 5.19. The average molecular weight is 274 g/mol. The van der Waals surface area contributed by atoms with Gasteiger partial charge in [-0.1, -0.05) is 18.2 Å². The number of hydrogen-bond acceptors (Lipinski definition) is 1. The van der Waals surface area contributed by atoms with E-state index < -0.39 is 46.3 Å². The minimum Gasteiger partial charge on any atom is -0.383 e. The summed E-state index contributed by atoms with van der Waals surface area (Å²) in [4.78, 5) is 0. The van der Waals surface area contributed by atoms with Crippen LogP contribution in [0.4, 0.5) is 22.0 Å². The standard InChI is InChI=1S/C13H7F5O/c14-8-3-1-2-6(10(8)16)13(19)7-4-5-9(15)12(18)11(7)17/h1-5,13,19H. The molecule has 0 spiro atoms. The number of hydrogen-bond donors (Lipinski definition) is 1. The van der Waals surface area contributed by atoms with Crippen LogP contribution >= 0.6 is 0 Å². The van der Waals surface area contributed by atoms with Crippen LogP contribution < -0.4 is 0 Å². The third kappa shape index (κ3) is 2.31. The van der Waals surface area contributed by atoms with Crippen LogP contribution in [0.3, 0.4) is 0 Å². The maximum Gasteiger partial charge on any atom is 0.194 e. The third-order valence-electron chi connectivity index (χ3n) is 2.64. The molecule has 0 heterocycles. The molecule has 100 valence electrons. The molecule has 2 aromatic rings. The molecule has 2 aromatic carbocycles. The van der Waals surface area contributed by atoms with Crippen LogP contribution in [0.5, 0.6) is 0 Å². The van der Waals surface area contributed by atoms with E-state index in [0.29, 0.717) is 6.07 Å². The van der Waals surface area contributed by atoms with Gasteiger partial charge in [-0.2, -0.15) is 0 Å². The highest BCUT2D eigenvalue weighted by atomic mass is 19.2. The minimum atomic E-state index is -1.94. The second-order valence-corrected chi connectivity index (χ2v) is 3.81. The molecular weight excluding hydrogens is 267 g/mol. The van der Waals surface area contributed by atoms with Crippen LogP contribution in [-0.2, 0) is 0 Å². The van der Waals surface area contributed by atoms with Crippen LogP contribution in [0.2, 0.25) is 0 Å². The Hall–Kier alpha value is -1.95. The molecule has 2 rings (SSSR count). The van der Waals surface area contributed by atoms with Gasteiger partial charge in [0.25, 0.3) is 0 Å². The van der Waals surface area contributed by atoms with Crippen LogP contribution in [0.1, 0.15) is 17.2 Å². The van der Waals surface area contributed by atoms with Crippen molar-refractivity contribution >= 4 is 0 Å². The molecule has 1 unspecified atom stereocenters. The summed E-state index contributed by atoms with van der Waals surface area (Å²) in [5, 5.41) is 9.76. The Morgan fingerprint density at radius 2 is 1.26 bits per heavy atom. The van der Waals surface area contributed by atoms with Gasteiger partial charge in [0.2, 0.25) is 0 Å². The second kappa shape index (κ2) is 4.97. The molecule has 0 bridgehead atoms. The number of aliphatic hydroxyl groups is 1. The molecule has 1 atom stereocenters. The van der Waals surface area contributed by atoms with Crippen molar-refractivity contribution in [3.05, 3.63) is 70.5 Å². The Labute approximate surface area is 104 Å². The number of rotatable bonds is 2. The molecule has 1 N–H and O–H groups in total. The molecule has 0 aliphatic rings. The first kappa shape index (κ1) is 13.5. The van der Waals surface area contributed by atoms with Crippen molar-refractivity contribution < 1.29 is 27.1 Å². The molecule has 0 saturated carbocycles. The van der Waals surface area contributed by atoms with Gasteiger partial charge in [-0.3, -0.25) is 0 Å². The minimum absolute atomic E-state index is 0.565. The van der Waals surface area contributed by atoms with Crippen molar-refractivity contribution in [3.8, 4) is 0 Å². The largest absolute Gasteiger partial charge is 0.383 e. The Bertz CT molecular complexity index is 627. The lowest BCUT2D eigenvalue weighted by Crippen LogP contribution is -2.08. The number of benzene rings is 2. The van der Waals surface area contributed by atoms with Crippen molar-refractivity contribution in [1.29, 1.82) is 0 Å². The maximum atomic E-state index is 13.4. The normalized spacial score (nSPS) is 12.5. The Kier molecular flexibility index (Phi) is 3.53. The van der Waals surface area contributed by atoms with Crippen molar-refractivity contribution in [2.75, 3.05) is 0 Å². The highest BCUT2D eigenvalue weighted by molar-refractivity contribution is 5.32. The van der Waals surface area contributed by atoms with Crippen molar-refractivity contribution in [2.24, 2.45) is 0 Å². The van der Waals surface area contributed by atoms with Gasteiger partial charge in [0.1, 0.15) is 6.10 Å². The zero-order valence-corrected chi connectivity index (χ0v) is 9.30. The molecule has 0 fully saturated rings. The molecule has 0 saturated heterocycles. The molecule has 0 aromatic heterocycles. The molecule has 1 nitrogen and oxygen atoms in total. The highest BCUT2D eigenvalue weighted by Crippen LogP contribution is 2.29. The molecule has 0 aliphatic carbocycles. The van der Waals surface area contributed by atoms with Gasteiger partial charge in [0.05, 0.1) is 0 Å². The topological polar surface area (TPSA) is 20.2 Å². The highest BCUT2D eigenvalue weighted by Gasteiger charge is 2.23. The lowest BCUT2D eigenvalue weighted by molar-refractivity contribution is 0.206. The van der Waals surface area contributed by atoms with Gasteiger partial charge in [-0.05, 0) is 12.1 Å². The number of aliphatic hydroxyl groups excluding tert-OH is 1. The zero-order chi connectivity index (χ0) is 14.2. The molecular formula is C13H7F5O. The second-order valence-electron chi connectivity index (χ2n) is 3.81. The summed E-state index contributed by atoms with van der Waals surface area (Å²) in [5.74, 6) is -7.48. The smallest absolute Gasteiger partial charge is 0.194 e. The summed E-state index contributed by atoms with van der Waals surface area (Å²) < 4.78 is 65.6. The van der Waals surface area contributed by atoms with Gasteiger partial charge in [0, 0.05) is 11.1 Å². The predicted molar refractivity (Wildman–Crippen MR) is 56.7 cm³/mol. The zero-order valence-electron chi connectivity index (χ0n) is 9.30. The van der Waals surface area contributed by atoms with Gasteiger partial charge in [-0.15, -0.1) is 0 Å². The lowest BCUT2D eigenvalue weighted by Gasteiger charge is -2.14. The van der Waals surface area contributed by atoms with Crippen molar-refractivity contribution in [2.45, 2.75) is 6.10 Å². The summed E-state index contributed by atoms with van der Waals surface area (Å²) in [7, 11) is 0. The fourth-order valence-electron chi connectivity index (χ4n) is 1.65. The third-order valence-corrected chi connectivity index (χ3v) is 2.64. The van der Waals surface area contributed by atoms with Gasteiger partial charge >= 0.3 is 0 Å². The van der Waals surface area contributed by atoms with E-state index in [-0.39, 0.29) is 0 Å². The SMILES string of the molecule is OC(c1cccc(F)c1F)c1ccc(F)c(F)c1F. The van der Waals surface area contributed by atoms with Gasteiger partial charge < -0.3 is 5.11 Å². The van der Waals surface area contributed by atoms with Crippen molar-refractivity contribution in [1.82, 2.24) is 0 Å². The molecule has 0 amide bonds. The van der Waals surface area contributed by atoms with E-state index in [0.717, 1.165) is 24.3 Å². The number of halogens is 5. The first-order valence-electron chi connectivity index (χ1n) is 5.19. The van der Waals surface area contributed by atoms with E-state index in [1.165, 1.54) is 0 Å². The summed E-state index contributed by atoms with van der Waals surface area (Å²) in [6.07, 6.45) is -1.94. The Morgan fingerprint density at radius 3 is 1.95 bits per heavy atom. The van der Waals surface area contributed by atoms with Crippen molar-refractivity contribution in [3.63, 3.8) is 0 Å². The van der Waals surface area contributed by atoms with Crippen LogP contribution in [0.15, 0.2) is 30.3 Å². The Morgan fingerprint density at radius 1 is 0.684 bits per heavy atom. The van der Waals surface area contributed by atoms with E-state index in [9.17, 15) is 27.1 Å². The monoisotopic (exact) mass is 274 g/mol. The fraction of sp³-hybridized carbons (Fsp3) is 0.0769. The Balaban J connectivity index is 2.53. The van der Waals surface area contributed by atoms with E-state index in [1.54, 1.807) is 0 Å². The van der Waals surface area contributed by atoms with E-state index >= 15 is 0 Å². The summed E-state index contributed by atoms with van der Waals surface area (Å²) in [5.41, 5.74) is -1.24. The molecule has 6 heteroatoms. The maximum absolute atomic E-state index is 13.4. The van der Waals surface area contributed by atoms with E-state index in [1.807, 2.05) is 0 Å². The van der Waals surface area contributed by atoms with Gasteiger partial charge in [-0.25, -0.2) is 22.0 Å². The fourth-order valence-corrected chi connectivity index (χ4v) is 1.65. The summed E-state index contributed by atoms with van der Waals surface area (Å²) in [6.45, 7) is 0. The quantitative estimate of drug-likeness (QED) is 0.656. The lowest BCUT2D eigenvalue weighted by atomic mass is 10.00. The molecule has 0 radical (unpaired) electrons. The molecule has 0 aliphatic heterocycles. The first-order chi connectivity index (χ1) is 8.93. The van der Waals surface area contributed by atoms with E-state index in [4.69, 9.17) is 0 Å².